The summed E-state index contributed by atoms with van der Waals surface area (Å²) in [5, 5.41) is 0. The Morgan fingerprint density at radius 2 is 2.06 bits per heavy atom. The molecule has 0 aliphatic carbocycles. The molecule has 1 aromatic rings. The molecule has 1 aromatic carbocycles. The number of para-hydroxylation sites is 1. The first kappa shape index (κ1) is 12.7. The van der Waals surface area contributed by atoms with E-state index >= 15 is 0 Å². The van der Waals surface area contributed by atoms with Gasteiger partial charge in [0.05, 0.1) is 23.5 Å². The van der Waals surface area contributed by atoms with E-state index in [1.165, 1.54) is 6.42 Å². The number of nitrogens with two attached hydrogens (primary N) is 1. The average Bonchev–Trinajstić information content (AvgIpc) is 2.39. The van der Waals surface area contributed by atoms with Crippen molar-refractivity contribution in [2.24, 2.45) is 0 Å². The highest BCUT2D eigenvalue weighted by Crippen LogP contribution is 2.30. The molecule has 1 aliphatic rings. The van der Waals surface area contributed by atoms with Crippen LogP contribution < -0.4 is 10.6 Å². The van der Waals surface area contributed by atoms with E-state index in [9.17, 15) is 4.79 Å². The second-order valence-corrected chi connectivity index (χ2v) is 4.51. The third-order valence-corrected chi connectivity index (χ3v) is 3.23. The molecule has 0 aromatic heterocycles. The first-order valence-corrected chi connectivity index (χ1v) is 6.54. The van der Waals surface area contributed by atoms with E-state index < -0.39 is 0 Å². The molecule has 0 saturated carbocycles. The predicted octanol–water partition coefficient (Wildman–Crippen LogP) is 2.44. The fraction of sp³-hybridized carbons (Fsp3) is 0.500. The van der Waals surface area contributed by atoms with Crippen LogP contribution in [0.2, 0.25) is 0 Å². The van der Waals surface area contributed by atoms with Crippen molar-refractivity contribution in [3.63, 3.8) is 0 Å². The molecule has 1 aliphatic heterocycles. The van der Waals surface area contributed by atoms with Crippen LogP contribution in [0.1, 0.15) is 36.5 Å². The number of benzene rings is 1. The largest absolute Gasteiger partial charge is 0.462 e. The maximum atomic E-state index is 12.0. The van der Waals surface area contributed by atoms with E-state index in [1.807, 2.05) is 13.0 Å². The Morgan fingerprint density at radius 1 is 1.33 bits per heavy atom. The van der Waals surface area contributed by atoms with E-state index in [4.69, 9.17) is 10.5 Å². The van der Waals surface area contributed by atoms with Gasteiger partial charge >= 0.3 is 5.97 Å². The van der Waals surface area contributed by atoms with Gasteiger partial charge in [0, 0.05) is 13.1 Å². The topological polar surface area (TPSA) is 55.6 Å². The zero-order chi connectivity index (χ0) is 13.0. The van der Waals surface area contributed by atoms with E-state index in [0.717, 1.165) is 31.6 Å². The van der Waals surface area contributed by atoms with Gasteiger partial charge in [-0.25, -0.2) is 4.79 Å². The number of esters is 1. The molecule has 4 heteroatoms. The van der Waals surface area contributed by atoms with Gasteiger partial charge in [-0.3, -0.25) is 0 Å². The van der Waals surface area contributed by atoms with Gasteiger partial charge in [0.1, 0.15) is 0 Å². The van der Waals surface area contributed by atoms with Crippen LogP contribution in [0.25, 0.3) is 0 Å². The number of anilines is 2. The SMILES string of the molecule is CCOC(=O)c1cccc(N)c1N1CCCCC1. The fourth-order valence-corrected chi connectivity index (χ4v) is 2.41. The Labute approximate surface area is 108 Å². The maximum Gasteiger partial charge on any atom is 0.340 e. The van der Waals surface area contributed by atoms with Crippen molar-refractivity contribution >= 4 is 17.3 Å². The number of hydrogen-bond donors (Lipinski definition) is 1. The molecule has 4 nitrogen and oxygen atoms in total. The van der Waals surface area contributed by atoms with Crippen molar-refractivity contribution in [3.8, 4) is 0 Å². The van der Waals surface area contributed by atoms with Crippen molar-refractivity contribution in [1.82, 2.24) is 0 Å². The summed E-state index contributed by atoms with van der Waals surface area (Å²) in [7, 11) is 0. The second kappa shape index (κ2) is 5.76. The van der Waals surface area contributed by atoms with Crippen molar-refractivity contribution in [1.29, 1.82) is 0 Å². The van der Waals surface area contributed by atoms with Gasteiger partial charge in [-0.05, 0) is 38.3 Å². The van der Waals surface area contributed by atoms with Crippen LogP contribution in [0.3, 0.4) is 0 Å². The first-order chi connectivity index (χ1) is 8.74. The van der Waals surface area contributed by atoms with Crippen LogP contribution in [-0.2, 0) is 4.74 Å². The lowest BCUT2D eigenvalue weighted by Crippen LogP contribution is -2.31. The molecule has 1 fully saturated rings. The van der Waals surface area contributed by atoms with Gasteiger partial charge in [-0.1, -0.05) is 6.07 Å². The molecular weight excluding hydrogens is 228 g/mol. The highest BCUT2D eigenvalue weighted by atomic mass is 16.5. The molecule has 0 bridgehead atoms. The minimum atomic E-state index is -0.287. The normalized spacial score (nSPS) is 15.5. The van der Waals surface area contributed by atoms with Crippen LogP contribution in [0.4, 0.5) is 11.4 Å². The summed E-state index contributed by atoms with van der Waals surface area (Å²) in [4.78, 5) is 14.2. The Kier molecular flexibility index (Phi) is 4.07. The van der Waals surface area contributed by atoms with Crippen LogP contribution in [-0.4, -0.2) is 25.7 Å². The van der Waals surface area contributed by atoms with Crippen LogP contribution in [0, 0.1) is 0 Å². The zero-order valence-corrected chi connectivity index (χ0v) is 10.8. The minimum absolute atomic E-state index is 0.287. The molecular formula is C14H20N2O2. The molecule has 2 N–H and O–H groups in total. The lowest BCUT2D eigenvalue weighted by molar-refractivity contribution is 0.0527. The van der Waals surface area contributed by atoms with Gasteiger partial charge in [0.25, 0.3) is 0 Å². The van der Waals surface area contributed by atoms with E-state index in [2.05, 4.69) is 4.90 Å². The van der Waals surface area contributed by atoms with Crippen molar-refractivity contribution in [2.45, 2.75) is 26.2 Å². The third kappa shape index (κ3) is 2.58. The molecule has 0 unspecified atom stereocenters. The Morgan fingerprint density at radius 3 is 2.72 bits per heavy atom. The molecule has 2 rings (SSSR count). The zero-order valence-electron chi connectivity index (χ0n) is 10.8. The highest BCUT2D eigenvalue weighted by molar-refractivity contribution is 5.99. The highest BCUT2D eigenvalue weighted by Gasteiger charge is 2.21. The second-order valence-electron chi connectivity index (χ2n) is 4.51. The molecule has 1 saturated heterocycles. The van der Waals surface area contributed by atoms with Crippen molar-refractivity contribution < 1.29 is 9.53 Å². The first-order valence-electron chi connectivity index (χ1n) is 6.54. The summed E-state index contributed by atoms with van der Waals surface area (Å²) < 4.78 is 5.09. The Bertz CT molecular complexity index is 426. The Hall–Kier alpha value is -1.71. The molecule has 0 spiro atoms. The molecule has 1 heterocycles. The lowest BCUT2D eigenvalue weighted by atomic mass is 10.1. The van der Waals surface area contributed by atoms with Crippen LogP contribution in [0.5, 0.6) is 0 Å². The number of rotatable bonds is 3. The van der Waals surface area contributed by atoms with Gasteiger partial charge < -0.3 is 15.4 Å². The summed E-state index contributed by atoms with van der Waals surface area (Å²) in [6, 6.07) is 5.43. The van der Waals surface area contributed by atoms with Crippen LogP contribution in [0.15, 0.2) is 18.2 Å². The summed E-state index contributed by atoms with van der Waals surface area (Å²) in [6.45, 7) is 4.11. The number of nitrogens with zero attached hydrogens (tertiary/aromatic N) is 1. The number of carbonyl (C=O) groups excluding carboxylic acids is 1. The molecule has 98 valence electrons. The monoisotopic (exact) mass is 248 g/mol. The summed E-state index contributed by atoms with van der Waals surface area (Å²) in [5.74, 6) is -0.287. The quantitative estimate of drug-likeness (QED) is 0.659. The summed E-state index contributed by atoms with van der Waals surface area (Å²) >= 11 is 0. The van der Waals surface area contributed by atoms with Gasteiger partial charge in [0.2, 0.25) is 0 Å². The number of ether oxygens (including phenoxy) is 1. The molecule has 0 amide bonds. The van der Waals surface area contributed by atoms with E-state index in [1.54, 1.807) is 12.1 Å². The van der Waals surface area contributed by atoms with Crippen LogP contribution >= 0.6 is 0 Å². The maximum absolute atomic E-state index is 12.0. The van der Waals surface area contributed by atoms with Crippen molar-refractivity contribution in [3.05, 3.63) is 23.8 Å². The minimum Gasteiger partial charge on any atom is -0.462 e. The van der Waals surface area contributed by atoms with Gasteiger partial charge in [-0.15, -0.1) is 0 Å². The molecule has 18 heavy (non-hydrogen) atoms. The number of carbonyl (C=O) groups is 1. The molecule has 0 radical (unpaired) electrons. The summed E-state index contributed by atoms with van der Waals surface area (Å²) in [6.07, 6.45) is 3.55. The Balaban J connectivity index is 2.34. The van der Waals surface area contributed by atoms with Gasteiger partial charge in [-0.2, -0.15) is 0 Å². The van der Waals surface area contributed by atoms with Gasteiger partial charge in [0.15, 0.2) is 0 Å². The number of nitrogen functional groups attached to an aromatic ring is 1. The van der Waals surface area contributed by atoms with E-state index in [-0.39, 0.29) is 5.97 Å². The number of hydrogen-bond acceptors (Lipinski definition) is 4. The standard InChI is InChI=1S/C14H20N2O2/c1-2-18-14(17)11-7-6-8-12(15)13(11)16-9-4-3-5-10-16/h6-8H,2-5,9-10,15H2,1H3. The average molecular weight is 248 g/mol. The third-order valence-electron chi connectivity index (χ3n) is 3.23. The number of piperidine rings is 1. The lowest BCUT2D eigenvalue weighted by Gasteiger charge is -2.31. The fourth-order valence-electron chi connectivity index (χ4n) is 2.41. The van der Waals surface area contributed by atoms with E-state index in [0.29, 0.717) is 17.9 Å². The molecule has 0 atom stereocenters. The summed E-state index contributed by atoms with van der Waals surface area (Å²) in [5.41, 5.74) is 8.12. The van der Waals surface area contributed by atoms with Crippen molar-refractivity contribution in [2.75, 3.05) is 30.3 Å². The predicted molar refractivity (Wildman–Crippen MR) is 72.9 cm³/mol. The smallest absolute Gasteiger partial charge is 0.340 e.